The zero-order valence-corrected chi connectivity index (χ0v) is 17.1. The number of esters is 1. The molecule has 0 bridgehead atoms. The van der Waals surface area contributed by atoms with Crippen LogP contribution in [0.1, 0.15) is 51.6 Å². The molecule has 6 heteroatoms. The monoisotopic (exact) mass is 397 g/mol. The molecule has 2 rings (SSSR count). The number of hydrogen-bond donors (Lipinski definition) is 1. The van der Waals surface area contributed by atoms with Crippen LogP contribution in [-0.2, 0) is 9.53 Å². The highest BCUT2D eigenvalue weighted by molar-refractivity contribution is 6.00. The minimum atomic E-state index is -0.670. The van der Waals surface area contributed by atoms with Crippen molar-refractivity contribution < 1.29 is 23.9 Å². The third-order valence-electron chi connectivity index (χ3n) is 4.33. The number of hydrogen-bond acceptors (Lipinski definition) is 5. The molecular weight excluding hydrogens is 370 g/mol. The summed E-state index contributed by atoms with van der Waals surface area (Å²) in [5.41, 5.74) is 2.72. The molecule has 0 aliphatic rings. The standard InChI is InChI=1S/C23H27NO5/c1-4-5-12-28-19-10-8-18(9-11-19)23(27)24-14-22(26)29-15-21(25)20-13-16(2)6-7-17(20)3/h6-11,13H,4-5,12,14-15H2,1-3H3,(H,24,27). The maximum Gasteiger partial charge on any atom is 0.325 e. The van der Waals surface area contributed by atoms with E-state index < -0.39 is 11.9 Å². The first-order chi connectivity index (χ1) is 13.9. The van der Waals surface area contributed by atoms with Crippen LogP contribution >= 0.6 is 0 Å². The van der Waals surface area contributed by atoms with E-state index in [9.17, 15) is 14.4 Å². The lowest BCUT2D eigenvalue weighted by atomic mass is 10.0. The molecular formula is C23H27NO5. The smallest absolute Gasteiger partial charge is 0.325 e. The zero-order valence-electron chi connectivity index (χ0n) is 17.1. The molecule has 0 aliphatic carbocycles. The number of ketones is 1. The summed E-state index contributed by atoms with van der Waals surface area (Å²) in [6, 6.07) is 12.2. The van der Waals surface area contributed by atoms with Gasteiger partial charge in [-0.25, -0.2) is 0 Å². The maximum absolute atomic E-state index is 12.2. The Morgan fingerprint density at radius 2 is 1.72 bits per heavy atom. The van der Waals surface area contributed by atoms with Crippen molar-refractivity contribution in [3.05, 3.63) is 64.7 Å². The highest BCUT2D eigenvalue weighted by atomic mass is 16.5. The molecule has 29 heavy (non-hydrogen) atoms. The van der Waals surface area contributed by atoms with Gasteiger partial charge in [-0.15, -0.1) is 0 Å². The average molecular weight is 397 g/mol. The summed E-state index contributed by atoms with van der Waals surface area (Å²) in [6.45, 7) is 5.77. The van der Waals surface area contributed by atoms with Crippen LogP contribution in [0.15, 0.2) is 42.5 Å². The molecule has 6 nitrogen and oxygen atoms in total. The van der Waals surface area contributed by atoms with Gasteiger partial charge in [-0.1, -0.05) is 31.0 Å². The molecule has 0 radical (unpaired) electrons. The third-order valence-corrected chi connectivity index (χ3v) is 4.33. The number of carbonyl (C=O) groups excluding carboxylic acids is 3. The van der Waals surface area contributed by atoms with Crippen LogP contribution in [0, 0.1) is 13.8 Å². The van der Waals surface area contributed by atoms with Crippen molar-refractivity contribution in [2.75, 3.05) is 19.8 Å². The average Bonchev–Trinajstić information content (AvgIpc) is 2.72. The van der Waals surface area contributed by atoms with E-state index in [0.29, 0.717) is 23.5 Å². The minimum Gasteiger partial charge on any atom is -0.494 e. The van der Waals surface area contributed by atoms with Gasteiger partial charge in [0, 0.05) is 11.1 Å². The van der Waals surface area contributed by atoms with Crippen molar-refractivity contribution >= 4 is 17.7 Å². The molecule has 0 heterocycles. The first-order valence-electron chi connectivity index (χ1n) is 9.68. The van der Waals surface area contributed by atoms with Crippen LogP contribution in [0.5, 0.6) is 5.75 Å². The molecule has 2 aromatic carbocycles. The van der Waals surface area contributed by atoms with Crippen LogP contribution in [0.4, 0.5) is 0 Å². The Hall–Kier alpha value is -3.15. The Balaban J connectivity index is 1.77. The fraction of sp³-hybridized carbons (Fsp3) is 0.348. The van der Waals surface area contributed by atoms with Crippen LogP contribution in [0.25, 0.3) is 0 Å². The Bertz CT molecular complexity index is 858. The second-order valence-corrected chi connectivity index (χ2v) is 6.81. The number of amides is 1. The van der Waals surface area contributed by atoms with E-state index >= 15 is 0 Å². The molecule has 0 unspecified atom stereocenters. The molecule has 0 fully saturated rings. The Kier molecular flexibility index (Phi) is 8.40. The molecule has 0 saturated heterocycles. The van der Waals surface area contributed by atoms with Crippen molar-refractivity contribution in [3.8, 4) is 5.75 Å². The summed E-state index contributed by atoms with van der Waals surface area (Å²) in [4.78, 5) is 36.2. The first kappa shape index (κ1) is 22.1. The third kappa shape index (κ3) is 7.07. The predicted molar refractivity (Wildman–Crippen MR) is 110 cm³/mol. The maximum atomic E-state index is 12.2. The molecule has 0 aliphatic heterocycles. The van der Waals surface area contributed by atoms with E-state index in [1.54, 1.807) is 30.3 Å². The van der Waals surface area contributed by atoms with Gasteiger partial charge in [0.1, 0.15) is 12.3 Å². The number of nitrogens with one attached hydrogen (secondary N) is 1. The lowest BCUT2D eigenvalue weighted by molar-refractivity contribution is -0.141. The normalized spacial score (nSPS) is 10.3. The van der Waals surface area contributed by atoms with Crippen LogP contribution in [0.3, 0.4) is 0 Å². The van der Waals surface area contributed by atoms with Gasteiger partial charge in [0.15, 0.2) is 6.61 Å². The van der Waals surface area contributed by atoms with Gasteiger partial charge in [-0.3, -0.25) is 14.4 Å². The second-order valence-electron chi connectivity index (χ2n) is 6.81. The van der Waals surface area contributed by atoms with Crippen LogP contribution in [0.2, 0.25) is 0 Å². The molecule has 1 amide bonds. The number of benzene rings is 2. The van der Waals surface area contributed by atoms with Gasteiger partial charge in [0.25, 0.3) is 5.91 Å². The van der Waals surface area contributed by atoms with Crippen molar-refractivity contribution in [3.63, 3.8) is 0 Å². The zero-order chi connectivity index (χ0) is 21.2. The molecule has 0 atom stereocenters. The van der Waals surface area contributed by atoms with Gasteiger partial charge in [0.2, 0.25) is 5.78 Å². The predicted octanol–water partition coefficient (Wildman–Crippen LogP) is 3.64. The summed E-state index contributed by atoms with van der Waals surface area (Å²) in [5, 5.41) is 2.49. The van der Waals surface area contributed by atoms with Gasteiger partial charge < -0.3 is 14.8 Å². The highest BCUT2D eigenvalue weighted by Gasteiger charge is 2.14. The fourth-order valence-electron chi connectivity index (χ4n) is 2.60. The second kappa shape index (κ2) is 11.0. The van der Waals surface area contributed by atoms with E-state index in [0.717, 1.165) is 24.0 Å². The minimum absolute atomic E-state index is 0.274. The summed E-state index contributed by atoms with van der Waals surface area (Å²) in [5.74, 6) is -0.650. The van der Waals surface area contributed by atoms with Crippen LogP contribution in [-0.4, -0.2) is 37.4 Å². The molecule has 2 aromatic rings. The summed E-state index contributed by atoms with van der Waals surface area (Å²) >= 11 is 0. The van der Waals surface area contributed by atoms with E-state index in [2.05, 4.69) is 12.2 Å². The molecule has 0 saturated carbocycles. The summed E-state index contributed by atoms with van der Waals surface area (Å²) < 4.78 is 10.5. The van der Waals surface area contributed by atoms with Gasteiger partial charge in [0.05, 0.1) is 6.61 Å². The number of unbranched alkanes of at least 4 members (excludes halogenated alkanes) is 1. The molecule has 154 valence electrons. The lowest BCUT2D eigenvalue weighted by Gasteiger charge is -2.09. The SMILES string of the molecule is CCCCOc1ccc(C(=O)NCC(=O)OCC(=O)c2cc(C)ccc2C)cc1. The molecule has 0 spiro atoms. The number of rotatable bonds is 10. The van der Waals surface area contributed by atoms with Crippen LogP contribution < -0.4 is 10.1 Å². The first-order valence-corrected chi connectivity index (χ1v) is 9.68. The fourth-order valence-corrected chi connectivity index (χ4v) is 2.60. The van der Waals surface area contributed by atoms with Gasteiger partial charge in [-0.05, 0) is 56.2 Å². The van der Waals surface area contributed by atoms with Gasteiger partial charge >= 0.3 is 5.97 Å². The lowest BCUT2D eigenvalue weighted by Crippen LogP contribution is -2.31. The van der Waals surface area contributed by atoms with E-state index in [-0.39, 0.29) is 18.9 Å². The van der Waals surface area contributed by atoms with Gasteiger partial charge in [-0.2, -0.15) is 0 Å². The largest absolute Gasteiger partial charge is 0.494 e. The summed E-state index contributed by atoms with van der Waals surface area (Å²) in [7, 11) is 0. The molecule has 1 N–H and O–H groups in total. The Labute approximate surface area is 171 Å². The quantitative estimate of drug-likeness (QED) is 0.376. The van der Waals surface area contributed by atoms with E-state index in [1.165, 1.54) is 0 Å². The van der Waals surface area contributed by atoms with Crippen molar-refractivity contribution in [1.29, 1.82) is 0 Å². The molecule has 0 aromatic heterocycles. The van der Waals surface area contributed by atoms with E-state index in [1.807, 2.05) is 26.0 Å². The summed E-state index contributed by atoms with van der Waals surface area (Å²) in [6.07, 6.45) is 2.02. The number of ether oxygens (including phenoxy) is 2. The highest BCUT2D eigenvalue weighted by Crippen LogP contribution is 2.13. The number of Topliss-reactive ketones (excluding diaryl/α,β-unsaturated/α-hetero) is 1. The number of aryl methyl sites for hydroxylation is 2. The van der Waals surface area contributed by atoms with Crippen molar-refractivity contribution in [2.45, 2.75) is 33.6 Å². The van der Waals surface area contributed by atoms with E-state index in [4.69, 9.17) is 9.47 Å². The van der Waals surface area contributed by atoms with Crippen molar-refractivity contribution in [1.82, 2.24) is 5.32 Å². The topological polar surface area (TPSA) is 81.7 Å². The Morgan fingerprint density at radius 3 is 2.41 bits per heavy atom. The van der Waals surface area contributed by atoms with Crippen molar-refractivity contribution in [2.24, 2.45) is 0 Å². The Morgan fingerprint density at radius 1 is 1.00 bits per heavy atom. The number of carbonyl (C=O) groups is 3.